The number of aryl methyl sites for hydroxylation is 3. The van der Waals surface area contributed by atoms with E-state index in [-0.39, 0.29) is 24.8 Å². The highest BCUT2D eigenvalue weighted by Crippen LogP contribution is 2.33. The summed E-state index contributed by atoms with van der Waals surface area (Å²) in [6.45, 7) is 5.83. The maximum Gasteiger partial charge on any atom is 0.243 e. The molecule has 0 fully saturated rings. The van der Waals surface area contributed by atoms with Gasteiger partial charge in [0, 0.05) is 23.8 Å². The molecule has 0 radical (unpaired) electrons. The molecule has 34 heavy (non-hydrogen) atoms. The van der Waals surface area contributed by atoms with E-state index in [1.807, 2.05) is 81.4 Å². The highest BCUT2D eigenvalue weighted by Gasteiger charge is 2.20. The Bertz CT molecular complexity index is 1340. The van der Waals surface area contributed by atoms with Crippen LogP contribution in [-0.2, 0) is 16.0 Å². The van der Waals surface area contributed by atoms with Crippen molar-refractivity contribution >= 4 is 28.4 Å². The summed E-state index contributed by atoms with van der Waals surface area (Å²) in [5, 5.41) is 3.97. The lowest BCUT2D eigenvalue weighted by Gasteiger charge is -2.20. The van der Waals surface area contributed by atoms with Crippen LogP contribution in [-0.4, -0.2) is 35.3 Å². The average molecular weight is 452 g/mol. The third-order valence-corrected chi connectivity index (χ3v) is 6.14. The van der Waals surface area contributed by atoms with Crippen LogP contribution in [0.4, 0.5) is 5.69 Å². The van der Waals surface area contributed by atoms with Crippen molar-refractivity contribution in [2.24, 2.45) is 0 Å². The number of likely N-dealkylation sites (N-methyl/N-ethyl adjacent to an activating group) is 1. The van der Waals surface area contributed by atoms with E-state index in [4.69, 9.17) is 4.98 Å². The fraction of sp³-hybridized carbons (Fsp3) is 0.207. The van der Waals surface area contributed by atoms with E-state index in [0.717, 1.165) is 50.1 Å². The van der Waals surface area contributed by atoms with Gasteiger partial charge in [-0.05, 0) is 54.7 Å². The molecule has 0 aliphatic carbocycles. The minimum atomic E-state index is -0.218. The van der Waals surface area contributed by atoms with Crippen LogP contribution in [0.25, 0.3) is 22.0 Å². The molecule has 1 aromatic heterocycles. The minimum absolute atomic E-state index is 0.0205. The number of nitrogens with one attached hydrogen (secondary N) is 1. The number of aromatic nitrogens is 1. The summed E-state index contributed by atoms with van der Waals surface area (Å²) >= 11 is 0. The average Bonchev–Trinajstić information content (AvgIpc) is 2.82. The van der Waals surface area contributed by atoms with Crippen LogP contribution in [0.5, 0.6) is 0 Å². The molecule has 0 aliphatic heterocycles. The smallest absolute Gasteiger partial charge is 0.243 e. The highest BCUT2D eigenvalue weighted by atomic mass is 16.2. The molecule has 1 N–H and O–H groups in total. The van der Waals surface area contributed by atoms with Crippen LogP contribution in [0.2, 0.25) is 0 Å². The van der Waals surface area contributed by atoms with Gasteiger partial charge in [0.25, 0.3) is 0 Å². The third kappa shape index (κ3) is 4.84. The van der Waals surface area contributed by atoms with E-state index in [1.54, 1.807) is 7.05 Å². The number of hydrogen-bond acceptors (Lipinski definition) is 3. The van der Waals surface area contributed by atoms with E-state index in [9.17, 15) is 9.59 Å². The van der Waals surface area contributed by atoms with Gasteiger partial charge in [-0.1, -0.05) is 66.7 Å². The summed E-state index contributed by atoms with van der Waals surface area (Å²) < 4.78 is 0. The second-order valence-corrected chi connectivity index (χ2v) is 8.68. The van der Waals surface area contributed by atoms with Gasteiger partial charge >= 0.3 is 0 Å². The Morgan fingerprint density at radius 3 is 2.21 bits per heavy atom. The summed E-state index contributed by atoms with van der Waals surface area (Å²) in [4.78, 5) is 32.2. The molecule has 3 aromatic carbocycles. The molecule has 172 valence electrons. The van der Waals surface area contributed by atoms with Crippen molar-refractivity contribution in [3.8, 4) is 11.1 Å². The summed E-state index contributed by atoms with van der Waals surface area (Å²) in [5.74, 6) is -0.348. The summed E-state index contributed by atoms with van der Waals surface area (Å²) in [5.41, 5.74) is 7.45. The van der Waals surface area contributed by atoms with Crippen LogP contribution >= 0.6 is 0 Å². The van der Waals surface area contributed by atoms with Gasteiger partial charge in [-0.3, -0.25) is 14.6 Å². The Kier molecular flexibility index (Phi) is 6.73. The van der Waals surface area contributed by atoms with Gasteiger partial charge < -0.3 is 10.2 Å². The number of fused-ring (bicyclic) bond motifs is 1. The number of nitrogens with zero attached hydrogens (tertiary/aromatic N) is 2. The van der Waals surface area contributed by atoms with Gasteiger partial charge in [0.05, 0.1) is 18.5 Å². The molecule has 5 nitrogen and oxygen atoms in total. The zero-order valence-corrected chi connectivity index (χ0v) is 20.1. The van der Waals surface area contributed by atoms with E-state index >= 15 is 0 Å². The molecule has 5 heteroatoms. The zero-order valence-electron chi connectivity index (χ0n) is 20.1. The molecule has 0 atom stereocenters. The van der Waals surface area contributed by atoms with Crippen LogP contribution in [0.1, 0.15) is 22.4 Å². The number of carbonyl (C=O) groups excluding carboxylic acids is 2. The predicted octanol–water partition coefficient (Wildman–Crippen LogP) is 5.47. The molecule has 1 heterocycles. The molecule has 0 saturated carbocycles. The lowest BCUT2D eigenvalue weighted by Crippen LogP contribution is -2.36. The Morgan fingerprint density at radius 2 is 1.50 bits per heavy atom. The minimum Gasteiger partial charge on any atom is -0.336 e. The molecule has 0 saturated heterocycles. The van der Waals surface area contributed by atoms with Crippen LogP contribution in [0, 0.1) is 20.8 Å². The third-order valence-electron chi connectivity index (χ3n) is 6.14. The van der Waals surface area contributed by atoms with Crippen molar-refractivity contribution in [1.29, 1.82) is 0 Å². The first-order valence-corrected chi connectivity index (χ1v) is 11.4. The lowest BCUT2D eigenvalue weighted by atomic mass is 9.92. The SMILES string of the molecule is Cc1cccc(C)c1NC(=O)CN(C)C(=O)Cc1c(C)nc2ccccc2c1-c1ccccc1. The van der Waals surface area contributed by atoms with E-state index in [0.29, 0.717) is 0 Å². The van der Waals surface area contributed by atoms with E-state index < -0.39 is 0 Å². The largest absolute Gasteiger partial charge is 0.336 e. The fourth-order valence-corrected chi connectivity index (χ4v) is 4.31. The highest BCUT2D eigenvalue weighted by molar-refractivity contribution is 5.99. The van der Waals surface area contributed by atoms with Crippen molar-refractivity contribution in [3.05, 3.63) is 95.2 Å². The molecule has 2 amide bonds. The number of anilines is 1. The molecule has 0 unspecified atom stereocenters. The van der Waals surface area contributed by atoms with Gasteiger partial charge in [-0.15, -0.1) is 0 Å². The summed E-state index contributed by atoms with van der Waals surface area (Å²) in [6.07, 6.45) is 0.168. The molecular weight excluding hydrogens is 422 g/mol. The van der Waals surface area contributed by atoms with Gasteiger partial charge in [0.1, 0.15) is 0 Å². The monoisotopic (exact) mass is 451 g/mol. The van der Waals surface area contributed by atoms with Crippen molar-refractivity contribution in [2.75, 3.05) is 18.9 Å². The lowest BCUT2D eigenvalue weighted by molar-refractivity contribution is -0.132. The molecule has 0 aliphatic rings. The Balaban J connectivity index is 1.59. The molecule has 4 rings (SSSR count). The maximum absolute atomic E-state index is 13.2. The van der Waals surface area contributed by atoms with Crippen molar-refractivity contribution < 1.29 is 9.59 Å². The van der Waals surface area contributed by atoms with E-state index in [1.165, 1.54) is 4.90 Å². The second kappa shape index (κ2) is 9.87. The van der Waals surface area contributed by atoms with Gasteiger partial charge in [0.15, 0.2) is 0 Å². The molecule has 0 spiro atoms. The molecule has 0 bridgehead atoms. The van der Waals surface area contributed by atoms with Gasteiger partial charge in [0.2, 0.25) is 11.8 Å². The number of pyridine rings is 1. The topological polar surface area (TPSA) is 62.3 Å². The zero-order chi connectivity index (χ0) is 24.2. The van der Waals surface area contributed by atoms with Crippen molar-refractivity contribution in [2.45, 2.75) is 27.2 Å². The first-order valence-electron chi connectivity index (χ1n) is 11.4. The number of para-hydroxylation sites is 2. The predicted molar refractivity (Wildman–Crippen MR) is 138 cm³/mol. The van der Waals surface area contributed by atoms with E-state index in [2.05, 4.69) is 17.4 Å². The maximum atomic E-state index is 13.2. The number of carbonyl (C=O) groups is 2. The van der Waals surface area contributed by atoms with Crippen LogP contribution in [0.15, 0.2) is 72.8 Å². The quantitative estimate of drug-likeness (QED) is 0.423. The number of amides is 2. The Morgan fingerprint density at radius 1 is 0.853 bits per heavy atom. The van der Waals surface area contributed by atoms with Crippen molar-refractivity contribution in [3.63, 3.8) is 0 Å². The number of hydrogen-bond donors (Lipinski definition) is 1. The standard InChI is InChI=1S/C29H29N3O2/c1-19-11-10-12-20(2)29(19)31-26(33)18-32(4)27(34)17-24-21(3)30-25-16-9-8-15-23(25)28(24)22-13-6-5-7-14-22/h5-16H,17-18H2,1-4H3,(H,31,33). The number of benzene rings is 3. The molecular formula is C29H29N3O2. The van der Waals surface area contributed by atoms with Gasteiger partial charge in [-0.2, -0.15) is 0 Å². The van der Waals surface area contributed by atoms with Gasteiger partial charge in [-0.25, -0.2) is 0 Å². The Hall–Kier alpha value is -3.99. The van der Waals surface area contributed by atoms with Crippen molar-refractivity contribution in [1.82, 2.24) is 9.88 Å². The number of rotatable bonds is 6. The Labute approximate surface area is 200 Å². The normalized spacial score (nSPS) is 10.8. The second-order valence-electron chi connectivity index (χ2n) is 8.68. The summed E-state index contributed by atoms with van der Waals surface area (Å²) in [7, 11) is 1.67. The van der Waals surface area contributed by atoms with Crippen LogP contribution in [0.3, 0.4) is 0 Å². The first-order chi connectivity index (χ1) is 16.3. The molecule has 4 aromatic rings. The van der Waals surface area contributed by atoms with Crippen LogP contribution < -0.4 is 5.32 Å². The first kappa shape index (κ1) is 23.2. The summed E-state index contributed by atoms with van der Waals surface area (Å²) in [6, 6.07) is 23.9. The fourth-order valence-electron chi connectivity index (χ4n) is 4.31.